The fraction of sp³-hybridized carbons (Fsp3) is 0.333. The van der Waals surface area contributed by atoms with Crippen molar-refractivity contribution in [2.24, 2.45) is 5.92 Å². The highest BCUT2D eigenvalue weighted by atomic mass is 16.5. The molecule has 1 aliphatic carbocycles. The van der Waals surface area contributed by atoms with Crippen LogP contribution in [0.5, 0.6) is 0 Å². The maximum atomic E-state index is 12.7. The van der Waals surface area contributed by atoms with E-state index in [1.807, 2.05) is 24.4 Å². The minimum Gasteiger partial charge on any atom is -0.465 e. The van der Waals surface area contributed by atoms with Crippen LogP contribution in [0.2, 0.25) is 0 Å². The fourth-order valence-corrected chi connectivity index (χ4v) is 4.03. The molecule has 0 bridgehead atoms. The number of fused-ring (bicyclic) bond motifs is 1. The Morgan fingerprint density at radius 1 is 1.12 bits per heavy atom. The van der Waals surface area contributed by atoms with Crippen molar-refractivity contribution >= 4 is 29.1 Å². The van der Waals surface area contributed by atoms with Crippen molar-refractivity contribution in [2.45, 2.75) is 38.6 Å². The predicted molar refractivity (Wildman–Crippen MR) is 119 cm³/mol. The number of amides is 2. The first-order valence-corrected chi connectivity index (χ1v) is 10.8. The molecule has 3 aromatic rings. The van der Waals surface area contributed by atoms with Gasteiger partial charge in [0.2, 0.25) is 5.91 Å². The molecular weight excluding hydrogens is 408 g/mol. The van der Waals surface area contributed by atoms with Gasteiger partial charge in [-0.1, -0.05) is 25.3 Å². The maximum Gasteiger partial charge on any atom is 0.337 e. The summed E-state index contributed by atoms with van der Waals surface area (Å²) in [4.78, 5) is 41.7. The quantitative estimate of drug-likeness (QED) is 0.578. The summed E-state index contributed by atoms with van der Waals surface area (Å²) < 4.78 is 6.61. The first-order chi connectivity index (χ1) is 15.5. The van der Waals surface area contributed by atoms with Gasteiger partial charge in [-0.15, -0.1) is 0 Å². The van der Waals surface area contributed by atoms with E-state index in [1.165, 1.54) is 7.11 Å². The molecule has 1 aliphatic rings. The number of aromatic nitrogens is 2. The molecule has 166 valence electrons. The molecule has 2 N–H and O–H groups in total. The number of nitrogens with zero attached hydrogens (tertiary/aromatic N) is 2. The van der Waals surface area contributed by atoms with Gasteiger partial charge < -0.3 is 19.8 Å². The van der Waals surface area contributed by atoms with Crippen LogP contribution < -0.4 is 10.6 Å². The largest absolute Gasteiger partial charge is 0.465 e. The fourth-order valence-electron chi connectivity index (χ4n) is 4.03. The zero-order valence-electron chi connectivity index (χ0n) is 18.0. The lowest BCUT2D eigenvalue weighted by Gasteiger charge is -2.21. The lowest BCUT2D eigenvalue weighted by atomic mass is 9.88. The number of esters is 1. The van der Waals surface area contributed by atoms with Crippen LogP contribution in [-0.2, 0) is 16.1 Å². The second-order valence-corrected chi connectivity index (χ2v) is 8.01. The number of methoxy groups -OCH3 is 1. The van der Waals surface area contributed by atoms with Gasteiger partial charge in [0, 0.05) is 30.5 Å². The molecule has 2 aromatic heterocycles. The molecule has 1 aromatic carbocycles. The zero-order chi connectivity index (χ0) is 22.5. The first kappa shape index (κ1) is 21.5. The number of carbonyl (C=O) groups is 3. The molecule has 0 radical (unpaired) electrons. The van der Waals surface area contributed by atoms with Gasteiger partial charge >= 0.3 is 5.97 Å². The summed E-state index contributed by atoms with van der Waals surface area (Å²) in [5, 5.41) is 5.76. The lowest BCUT2D eigenvalue weighted by molar-refractivity contribution is -0.120. The molecule has 4 rings (SSSR count). The van der Waals surface area contributed by atoms with E-state index in [2.05, 4.69) is 15.6 Å². The Kier molecular flexibility index (Phi) is 6.49. The monoisotopic (exact) mass is 434 g/mol. The van der Waals surface area contributed by atoms with Crippen LogP contribution in [0.4, 0.5) is 5.69 Å². The van der Waals surface area contributed by atoms with E-state index in [9.17, 15) is 14.4 Å². The molecule has 1 saturated carbocycles. The molecular formula is C24H26N4O4. The number of benzene rings is 1. The highest BCUT2D eigenvalue weighted by molar-refractivity contribution is 5.96. The van der Waals surface area contributed by atoms with Crippen molar-refractivity contribution in [1.29, 1.82) is 0 Å². The number of anilines is 1. The summed E-state index contributed by atoms with van der Waals surface area (Å²) in [5.41, 5.74) is 2.47. The molecule has 32 heavy (non-hydrogen) atoms. The number of pyridine rings is 1. The molecule has 0 saturated heterocycles. The number of nitrogens with one attached hydrogen (secondary N) is 2. The molecule has 8 nitrogen and oxygen atoms in total. The van der Waals surface area contributed by atoms with E-state index < -0.39 is 5.97 Å². The Hall–Kier alpha value is -3.68. The number of hydrogen-bond donors (Lipinski definition) is 2. The van der Waals surface area contributed by atoms with Crippen molar-refractivity contribution in [3.05, 3.63) is 65.6 Å². The SMILES string of the molecule is COC(=O)c1cc(CNC(=O)c2cn3ccccc3n2)cc(NC(=O)C2CCCCC2)c1. The average Bonchev–Trinajstić information content (AvgIpc) is 3.27. The zero-order valence-corrected chi connectivity index (χ0v) is 18.0. The normalized spacial score (nSPS) is 14.2. The highest BCUT2D eigenvalue weighted by Gasteiger charge is 2.22. The lowest BCUT2D eigenvalue weighted by Crippen LogP contribution is -2.25. The van der Waals surface area contributed by atoms with Gasteiger partial charge in [0.15, 0.2) is 0 Å². The molecule has 0 atom stereocenters. The van der Waals surface area contributed by atoms with Gasteiger partial charge in [0.25, 0.3) is 5.91 Å². The van der Waals surface area contributed by atoms with E-state index >= 15 is 0 Å². The summed E-state index contributed by atoms with van der Waals surface area (Å²) in [6.07, 6.45) is 8.51. The number of hydrogen-bond acceptors (Lipinski definition) is 5. The Labute approximate surface area is 186 Å². The molecule has 8 heteroatoms. The minimum atomic E-state index is -0.508. The Balaban J connectivity index is 1.49. The van der Waals surface area contributed by atoms with E-state index in [1.54, 1.807) is 28.8 Å². The summed E-state index contributed by atoms with van der Waals surface area (Å²) in [6, 6.07) is 10.5. The smallest absolute Gasteiger partial charge is 0.337 e. The maximum absolute atomic E-state index is 12.7. The highest BCUT2D eigenvalue weighted by Crippen LogP contribution is 2.25. The van der Waals surface area contributed by atoms with Crippen molar-refractivity contribution in [1.82, 2.24) is 14.7 Å². The van der Waals surface area contributed by atoms with Crippen LogP contribution in [0.1, 0.15) is 58.5 Å². The van der Waals surface area contributed by atoms with Crippen molar-refractivity contribution in [3.63, 3.8) is 0 Å². The van der Waals surface area contributed by atoms with Crippen LogP contribution in [0.15, 0.2) is 48.8 Å². The Morgan fingerprint density at radius 2 is 1.94 bits per heavy atom. The molecule has 2 heterocycles. The van der Waals surface area contributed by atoms with Crippen LogP contribution in [0.3, 0.4) is 0 Å². The third-order valence-electron chi connectivity index (χ3n) is 5.71. The standard InChI is InChI=1S/C24H26N4O4/c1-32-24(31)18-11-16(12-19(13-18)26-22(29)17-7-3-2-4-8-17)14-25-23(30)20-15-28-10-6-5-9-21(28)27-20/h5-6,9-13,15,17H,2-4,7-8,14H2,1H3,(H,25,30)(H,26,29). The molecule has 2 amide bonds. The molecule has 0 unspecified atom stereocenters. The van der Waals surface area contributed by atoms with Crippen LogP contribution in [-0.4, -0.2) is 34.3 Å². The minimum absolute atomic E-state index is 0.0104. The van der Waals surface area contributed by atoms with Gasteiger partial charge in [-0.3, -0.25) is 9.59 Å². The second kappa shape index (κ2) is 9.64. The molecule has 0 spiro atoms. The number of imidazole rings is 1. The topological polar surface area (TPSA) is 102 Å². The van der Waals surface area contributed by atoms with Gasteiger partial charge in [0.1, 0.15) is 11.3 Å². The van der Waals surface area contributed by atoms with E-state index in [0.717, 1.165) is 32.1 Å². The van der Waals surface area contributed by atoms with Crippen molar-refractivity contribution in [2.75, 3.05) is 12.4 Å². The van der Waals surface area contributed by atoms with Gasteiger partial charge in [-0.05, 0) is 48.7 Å². The van der Waals surface area contributed by atoms with Crippen molar-refractivity contribution < 1.29 is 19.1 Å². The average molecular weight is 434 g/mol. The third-order valence-corrected chi connectivity index (χ3v) is 5.71. The summed E-state index contributed by atoms with van der Waals surface area (Å²) in [7, 11) is 1.31. The number of rotatable bonds is 6. The van der Waals surface area contributed by atoms with Gasteiger partial charge in [0.05, 0.1) is 12.7 Å². The van der Waals surface area contributed by atoms with Gasteiger partial charge in [-0.2, -0.15) is 0 Å². The summed E-state index contributed by atoms with van der Waals surface area (Å²) in [5.74, 6) is -0.883. The Morgan fingerprint density at radius 3 is 2.69 bits per heavy atom. The van der Waals surface area contributed by atoms with E-state index in [0.29, 0.717) is 28.2 Å². The van der Waals surface area contributed by atoms with Crippen molar-refractivity contribution in [3.8, 4) is 0 Å². The first-order valence-electron chi connectivity index (χ1n) is 10.8. The number of carbonyl (C=O) groups excluding carboxylic acids is 3. The van der Waals surface area contributed by atoms with E-state index in [4.69, 9.17) is 4.74 Å². The summed E-state index contributed by atoms with van der Waals surface area (Å²) in [6.45, 7) is 0.170. The van der Waals surface area contributed by atoms with Crippen LogP contribution in [0.25, 0.3) is 5.65 Å². The van der Waals surface area contributed by atoms with E-state index in [-0.39, 0.29) is 24.3 Å². The van der Waals surface area contributed by atoms with Gasteiger partial charge in [-0.25, -0.2) is 9.78 Å². The predicted octanol–water partition coefficient (Wildman–Crippen LogP) is 3.57. The molecule has 0 aliphatic heterocycles. The second-order valence-electron chi connectivity index (χ2n) is 8.01. The van der Waals surface area contributed by atoms with Crippen LogP contribution >= 0.6 is 0 Å². The molecule has 1 fully saturated rings. The Bertz CT molecular complexity index is 1110. The number of ether oxygens (including phenoxy) is 1. The van der Waals surface area contributed by atoms with Crippen LogP contribution in [0, 0.1) is 5.92 Å². The summed E-state index contributed by atoms with van der Waals surface area (Å²) >= 11 is 0. The third kappa shape index (κ3) is 4.96.